The Kier molecular flexibility index (Phi) is 6.75. The van der Waals surface area contributed by atoms with Gasteiger partial charge in [-0.3, -0.25) is 4.79 Å². The van der Waals surface area contributed by atoms with E-state index in [0.29, 0.717) is 16.3 Å². The number of aryl methyl sites for hydroxylation is 1. The molecule has 8 heteroatoms. The molecule has 1 amide bonds. The lowest BCUT2D eigenvalue weighted by Crippen LogP contribution is -2.13. The van der Waals surface area contributed by atoms with Crippen molar-refractivity contribution in [2.75, 3.05) is 5.32 Å². The number of benzene rings is 3. The number of carbonyl (C=O) groups is 1. The molecule has 0 fully saturated rings. The number of nitrogens with zero attached hydrogens (tertiary/aromatic N) is 1. The van der Waals surface area contributed by atoms with Gasteiger partial charge in [0.1, 0.15) is 22.3 Å². The predicted molar refractivity (Wildman–Crippen MR) is 119 cm³/mol. The van der Waals surface area contributed by atoms with Gasteiger partial charge >= 0.3 is 10.1 Å². The smallest absolute Gasteiger partial charge is 0.339 e. The van der Waals surface area contributed by atoms with Gasteiger partial charge in [0.25, 0.3) is 5.91 Å². The number of nitrogens with one attached hydrogen (secondary N) is 1. The van der Waals surface area contributed by atoms with Gasteiger partial charge in [-0.15, -0.1) is 0 Å². The van der Waals surface area contributed by atoms with Crippen LogP contribution in [-0.2, 0) is 14.9 Å². The quantitative estimate of drug-likeness (QED) is 0.324. The van der Waals surface area contributed by atoms with Crippen LogP contribution < -0.4 is 9.50 Å². The van der Waals surface area contributed by atoms with Gasteiger partial charge < -0.3 is 9.50 Å². The van der Waals surface area contributed by atoms with Crippen molar-refractivity contribution in [2.45, 2.75) is 11.8 Å². The molecular weight excluding hydrogens is 436 g/mol. The zero-order valence-electron chi connectivity index (χ0n) is 16.4. The zero-order valence-corrected chi connectivity index (χ0v) is 17.9. The molecule has 0 atom stereocenters. The van der Waals surface area contributed by atoms with E-state index in [-0.39, 0.29) is 16.2 Å². The third-order valence-corrected chi connectivity index (χ3v) is 5.65. The summed E-state index contributed by atoms with van der Waals surface area (Å²) in [6.45, 7) is 1.86. The summed E-state index contributed by atoms with van der Waals surface area (Å²) < 4.78 is 29.9. The highest BCUT2D eigenvalue weighted by Crippen LogP contribution is 2.21. The predicted octanol–water partition coefficient (Wildman–Crippen LogP) is 4.96. The minimum absolute atomic E-state index is 0.0477. The van der Waals surface area contributed by atoms with Crippen molar-refractivity contribution >= 4 is 39.4 Å². The SMILES string of the molecule is Cc1ccc(S(=O)(=O)Oc2ccc(/C=C(\C#N)C(=O)Nc3cccc(Cl)c3)cc2)cc1. The van der Waals surface area contributed by atoms with E-state index in [9.17, 15) is 18.5 Å². The molecule has 0 heterocycles. The van der Waals surface area contributed by atoms with Crippen LogP contribution in [0.5, 0.6) is 5.75 Å². The highest BCUT2D eigenvalue weighted by atomic mass is 35.5. The first-order chi connectivity index (χ1) is 14.8. The summed E-state index contributed by atoms with van der Waals surface area (Å²) in [6.07, 6.45) is 1.39. The second kappa shape index (κ2) is 9.47. The minimum atomic E-state index is -3.96. The summed E-state index contributed by atoms with van der Waals surface area (Å²) in [5.74, 6) is -0.480. The lowest BCUT2D eigenvalue weighted by molar-refractivity contribution is -0.112. The maximum absolute atomic E-state index is 12.4. The van der Waals surface area contributed by atoms with E-state index in [1.165, 1.54) is 30.3 Å². The fourth-order valence-corrected chi connectivity index (χ4v) is 3.70. The molecule has 0 radical (unpaired) electrons. The molecule has 0 aliphatic heterocycles. The molecule has 0 aromatic heterocycles. The molecule has 0 unspecified atom stereocenters. The van der Waals surface area contributed by atoms with Gasteiger partial charge in [0.15, 0.2) is 0 Å². The highest BCUT2D eigenvalue weighted by Gasteiger charge is 2.16. The molecule has 1 N–H and O–H groups in total. The first-order valence-electron chi connectivity index (χ1n) is 9.07. The molecule has 3 rings (SSSR count). The Morgan fingerprint density at radius 1 is 1.06 bits per heavy atom. The molecule has 6 nitrogen and oxygen atoms in total. The maximum Gasteiger partial charge on any atom is 0.339 e. The second-order valence-electron chi connectivity index (χ2n) is 6.55. The van der Waals surface area contributed by atoms with Crippen LogP contribution in [0, 0.1) is 18.3 Å². The van der Waals surface area contributed by atoms with Crippen LogP contribution in [0.15, 0.2) is 83.3 Å². The Balaban J connectivity index is 1.73. The monoisotopic (exact) mass is 452 g/mol. The fourth-order valence-electron chi connectivity index (χ4n) is 2.58. The Labute approximate surface area is 185 Å². The Bertz CT molecular complexity index is 1280. The van der Waals surface area contributed by atoms with Crippen molar-refractivity contribution in [3.05, 3.63) is 94.5 Å². The van der Waals surface area contributed by atoms with E-state index in [0.717, 1.165) is 5.56 Å². The molecule has 0 saturated heterocycles. The molecule has 3 aromatic rings. The fraction of sp³-hybridized carbons (Fsp3) is 0.0435. The number of hydrogen-bond donors (Lipinski definition) is 1. The van der Waals surface area contributed by atoms with Crippen molar-refractivity contribution in [3.8, 4) is 11.8 Å². The summed E-state index contributed by atoms with van der Waals surface area (Å²) in [5.41, 5.74) is 1.80. The molecule has 0 aliphatic rings. The summed E-state index contributed by atoms with van der Waals surface area (Å²) in [5, 5.41) is 12.4. The molecular formula is C23H17ClN2O4S. The van der Waals surface area contributed by atoms with Crippen molar-refractivity contribution in [1.82, 2.24) is 0 Å². The van der Waals surface area contributed by atoms with E-state index >= 15 is 0 Å². The highest BCUT2D eigenvalue weighted by molar-refractivity contribution is 7.87. The lowest BCUT2D eigenvalue weighted by Gasteiger charge is -2.08. The standard InChI is InChI=1S/C23H17ClN2O4S/c1-16-5-11-22(12-6-16)31(28,29)30-21-9-7-17(8-10-21)13-18(15-25)23(27)26-20-4-2-3-19(24)14-20/h2-14H,1H3,(H,26,27)/b18-13+. The molecule has 156 valence electrons. The normalized spacial score (nSPS) is 11.5. The molecule has 0 aliphatic carbocycles. The summed E-state index contributed by atoms with van der Waals surface area (Å²) in [7, 11) is -3.96. The number of rotatable bonds is 6. The molecule has 0 saturated carbocycles. The number of anilines is 1. The van der Waals surface area contributed by atoms with Crippen LogP contribution >= 0.6 is 11.6 Å². The van der Waals surface area contributed by atoms with Crippen molar-refractivity contribution < 1.29 is 17.4 Å². The van der Waals surface area contributed by atoms with Crippen LogP contribution in [0.25, 0.3) is 6.08 Å². The minimum Gasteiger partial charge on any atom is -0.379 e. The van der Waals surface area contributed by atoms with Gasteiger partial charge in [0.2, 0.25) is 0 Å². The third-order valence-electron chi connectivity index (χ3n) is 4.15. The number of halogens is 1. The van der Waals surface area contributed by atoms with Crippen LogP contribution in [0.1, 0.15) is 11.1 Å². The van der Waals surface area contributed by atoms with Crippen molar-refractivity contribution in [2.24, 2.45) is 0 Å². The number of carbonyl (C=O) groups excluding carboxylic acids is 1. The first kappa shape index (κ1) is 22.1. The molecule has 3 aromatic carbocycles. The Morgan fingerprint density at radius 2 is 1.74 bits per heavy atom. The van der Waals surface area contributed by atoms with Gasteiger partial charge in [-0.2, -0.15) is 13.7 Å². The number of nitriles is 1. The van der Waals surface area contributed by atoms with Gasteiger partial charge in [-0.1, -0.05) is 47.5 Å². The van der Waals surface area contributed by atoms with E-state index < -0.39 is 16.0 Å². The van der Waals surface area contributed by atoms with Crippen molar-refractivity contribution in [1.29, 1.82) is 5.26 Å². The second-order valence-corrected chi connectivity index (χ2v) is 8.54. The van der Waals surface area contributed by atoms with E-state index in [4.69, 9.17) is 15.8 Å². The van der Waals surface area contributed by atoms with Crippen LogP contribution in [-0.4, -0.2) is 14.3 Å². The van der Waals surface area contributed by atoms with E-state index in [1.807, 2.05) is 13.0 Å². The van der Waals surface area contributed by atoms with Gasteiger partial charge in [0, 0.05) is 10.7 Å². The Hall–Kier alpha value is -3.60. The maximum atomic E-state index is 12.4. The van der Waals surface area contributed by atoms with Gasteiger partial charge in [0.05, 0.1) is 0 Å². The van der Waals surface area contributed by atoms with E-state index in [1.54, 1.807) is 48.5 Å². The topological polar surface area (TPSA) is 96.3 Å². The number of amides is 1. The van der Waals surface area contributed by atoms with Gasteiger partial charge in [-0.05, 0) is 61.0 Å². The van der Waals surface area contributed by atoms with Gasteiger partial charge in [-0.25, -0.2) is 0 Å². The van der Waals surface area contributed by atoms with Crippen LogP contribution in [0.2, 0.25) is 5.02 Å². The first-order valence-corrected chi connectivity index (χ1v) is 10.9. The third kappa shape index (κ3) is 5.95. The van der Waals surface area contributed by atoms with E-state index in [2.05, 4.69) is 5.32 Å². The largest absolute Gasteiger partial charge is 0.379 e. The molecule has 31 heavy (non-hydrogen) atoms. The lowest BCUT2D eigenvalue weighted by atomic mass is 10.1. The summed E-state index contributed by atoms with van der Waals surface area (Å²) in [6, 6.07) is 20.7. The van der Waals surface area contributed by atoms with Crippen LogP contribution in [0.4, 0.5) is 5.69 Å². The average molecular weight is 453 g/mol. The van der Waals surface area contributed by atoms with Crippen molar-refractivity contribution in [3.63, 3.8) is 0 Å². The Morgan fingerprint density at radius 3 is 2.35 bits per heavy atom. The average Bonchev–Trinajstić information content (AvgIpc) is 2.73. The van der Waals surface area contributed by atoms with Crippen LogP contribution in [0.3, 0.4) is 0 Å². The molecule has 0 spiro atoms. The number of hydrogen-bond acceptors (Lipinski definition) is 5. The molecule has 0 bridgehead atoms. The zero-order chi connectivity index (χ0) is 22.4. The summed E-state index contributed by atoms with van der Waals surface area (Å²) >= 11 is 5.89. The summed E-state index contributed by atoms with van der Waals surface area (Å²) in [4.78, 5) is 12.4.